The van der Waals surface area contributed by atoms with Gasteiger partial charge in [0.25, 0.3) is 0 Å². The molecule has 130 valence electrons. The minimum absolute atomic E-state index is 0.131. The number of carbonyl (C=O) groups excluding carboxylic acids is 1. The molecule has 2 unspecified atom stereocenters. The molecular weight excluding hydrogens is 373 g/mol. The van der Waals surface area contributed by atoms with Gasteiger partial charge in [-0.3, -0.25) is 4.79 Å². The van der Waals surface area contributed by atoms with Gasteiger partial charge in [-0.2, -0.15) is 13.2 Å². The summed E-state index contributed by atoms with van der Waals surface area (Å²) in [5.41, 5.74) is 0.797. The first-order valence-electron chi connectivity index (χ1n) is 7.42. The maximum atomic E-state index is 12.5. The zero-order valence-electron chi connectivity index (χ0n) is 13.7. The Bertz CT molecular complexity index is 516. The lowest BCUT2D eigenvalue weighted by Crippen LogP contribution is -2.28. The van der Waals surface area contributed by atoms with Crippen LogP contribution in [0.4, 0.5) is 13.2 Å². The van der Waals surface area contributed by atoms with Crippen LogP contribution in [0.15, 0.2) is 24.3 Å². The summed E-state index contributed by atoms with van der Waals surface area (Å²) >= 11 is 3.43. The Hall–Kier alpha value is -1.04. The molecule has 1 rings (SSSR count). The predicted molar refractivity (Wildman–Crippen MR) is 87.7 cm³/mol. The minimum atomic E-state index is -4.30. The van der Waals surface area contributed by atoms with E-state index in [0.717, 1.165) is 5.56 Å². The quantitative estimate of drug-likeness (QED) is 0.458. The van der Waals surface area contributed by atoms with Crippen LogP contribution >= 0.6 is 15.9 Å². The van der Waals surface area contributed by atoms with Crippen molar-refractivity contribution in [2.45, 2.75) is 63.1 Å². The molecule has 23 heavy (non-hydrogen) atoms. The highest BCUT2D eigenvalue weighted by Crippen LogP contribution is 2.32. The fourth-order valence-electron chi connectivity index (χ4n) is 2.10. The van der Waals surface area contributed by atoms with Crippen molar-refractivity contribution in [3.63, 3.8) is 0 Å². The Balaban J connectivity index is 3.00. The van der Waals surface area contributed by atoms with Crippen LogP contribution in [-0.2, 0) is 9.53 Å². The summed E-state index contributed by atoms with van der Waals surface area (Å²) in [5.74, 6) is -1.54. The number of carbonyl (C=O) groups is 1. The molecule has 0 aliphatic heterocycles. The van der Waals surface area contributed by atoms with E-state index >= 15 is 0 Å². The van der Waals surface area contributed by atoms with E-state index in [0.29, 0.717) is 5.56 Å². The molecule has 0 radical (unpaired) electrons. The lowest BCUT2D eigenvalue weighted by molar-refractivity contribution is -0.159. The van der Waals surface area contributed by atoms with Crippen molar-refractivity contribution in [2.75, 3.05) is 0 Å². The van der Waals surface area contributed by atoms with Crippen molar-refractivity contribution >= 4 is 21.9 Å². The van der Waals surface area contributed by atoms with Crippen LogP contribution in [0.1, 0.15) is 62.4 Å². The van der Waals surface area contributed by atoms with Crippen LogP contribution in [0.3, 0.4) is 0 Å². The summed E-state index contributed by atoms with van der Waals surface area (Å²) in [6.07, 6.45) is -5.64. The third kappa shape index (κ3) is 7.38. The number of alkyl halides is 4. The average Bonchev–Trinajstić information content (AvgIpc) is 2.36. The third-order valence-corrected chi connectivity index (χ3v) is 3.73. The smallest absolute Gasteiger partial charge is 0.389 e. The molecule has 2 nitrogen and oxygen atoms in total. The van der Waals surface area contributed by atoms with Crippen molar-refractivity contribution in [2.24, 2.45) is 0 Å². The summed E-state index contributed by atoms with van der Waals surface area (Å²) in [5, 5.41) is 0. The molecular formula is C17H22BrF3O2. The molecule has 0 bridgehead atoms. The monoisotopic (exact) mass is 394 g/mol. The topological polar surface area (TPSA) is 26.3 Å². The largest absolute Gasteiger partial charge is 0.459 e. The third-order valence-electron chi connectivity index (χ3n) is 3.21. The second kappa shape index (κ2) is 7.69. The molecule has 0 saturated carbocycles. The molecule has 0 fully saturated rings. The molecule has 0 heterocycles. The van der Waals surface area contributed by atoms with Gasteiger partial charge in [0.15, 0.2) is 0 Å². The van der Waals surface area contributed by atoms with E-state index in [1.54, 1.807) is 45.0 Å². The lowest BCUT2D eigenvalue weighted by atomic mass is 9.93. The first kappa shape index (κ1) is 20.0. The highest BCUT2D eigenvalue weighted by Gasteiger charge is 2.33. The van der Waals surface area contributed by atoms with Crippen LogP contribution in [-0.4, -0.2) is 17.7 Å². The van der Waals surface area contributed by atoms with E-state index < -0.39 is 30.1 Å². The van der Waals surface area contributed by atoms with Crippen LogP contribution in [0.25, 0.3) is 0 Å². The molecule has 0 saturated heterocycles. The van der Waals surface area contributed by atoms with Crippen LogP contribution < -0.4 is 0 Å². The summed E-state index contributed by atoms with van der Waals surface area (Å²) in [6.45, 7) is 7.04. The second-order valence-corrected chi connectivity index (χ2v) is 7.90. The number of benzene rings is 1. The number of hydrogen-bond acceptors (Lipinski definition) is 2. The first-order valence-corrected chi connectivity index (χ1v) is 8.34. The van der Waals surface area contributed by atoms with E-state index in [1.165, 1.54) is 0 Å². The standard InChI is InChI=1S/C17H22BrF3O2/c1-11(18)12-5-7-13(8-6-12)14(9-10-17(19,20)21)15(22)23-16(2,3)4/h5-8,11,14H,9-10H2,1-4H3. The van der Waals surface area contributed by atoms with E-state index in [9.17, 15) is 18.0 Å². The van der Waals surface area contributed by atoms with E-state index in [2.05, 4.69) is 15.9 Å². The van der Waals surface area contributed by atoms with E-state index in [1.807, 2.05) is 6.92 Å². The second-order valence-electron chi connectivity index (χ2n) is 6.52. The Morgan fingerprint density at radius 2 is 1.61 bits per heavy atom. The number of halogens is 4. The molecule has 0 spiro atoms. The van der Waals surface area contributed by atoms with Crippen molar-refractivity contribution < 1.29 is 22.7 Å². The van der Waals surface area contributed by atoms with Crippen molar-refractivity contribution in [1.29, 1.82) is 0 Å². The highest BCUT2D eigenvalue weighted by atomic mass is 79.9. The van der Waals surface area contributed by atoms with Gasteiger partial charge in [-0.1, -0.05) is 40.2 Å². The minimum Gasteiger partial charge on any atom is -0.459 e. The summed E-state index contributed by atoms with van der Waals surface area (Å²) in [6, 6.07) is 7.00. The lowest BCUT2D eigenvalue weighted by Gasteiger charge is -2.24. The average molecular weight is 395 g/mol. The molecule has 0 N–H and O–H groups in total. The fourth-order valence-corrected chi connectivity index (χ4v) is 2.40. The zero-order chi connectivity index (χ0) is 17.8. The number of esters is 1. The van der Waals surface area contributed by atoms with Gasteiger partial charge >= 0.3 is 12.1 Å². The molecule has 0 amide bonds. The summed E-state index contributed by atoms with van der Waals surface area (Å²) in [7, 11) is 0. The molecule has 6 heteroatoms. The number of rotatable bonds is 5. The van der Waals surface area contributed by atoms with Gasteiger partial charge in [0.05, 0.1) is 5.92 Å². The maximum absolute atomic E-state index is 12.5. The van der Waals surface area contributed by atoms with Gasteiger partial charge in [0.1, 0.15) is 5.60 Å². The molecule has 1 aromatic carbocycles. The highest BCUT2D eigenvalue weighted by molar-refractivity contribution is 9.09. The van der Waals surface area contributed by atoms with Gasteiger partial charge in [0, 0.05) is 11.2 Å². The van der Waals surface area contributed by atoms with Crippen LogP contribution in [0.2, 0.25) is 0 Å². The molecule has 0 aromatic heterocycles. The van der Waals surface area contributed by atoms with Crippen LogP contribution in [0, 0.1) is 0 Å². The maximum Gasteiger partial charge on any atom is 0.389 e. The van der Waals surface area contributed by atoms with Crippen LogP contribution in [0.5, 0.6) is 0 Å². The fraction of sp³-hybridized carbons (Fsp3) is 0.588. The normalized spacial score (nSPS) is 15.1. The molecule has 2 atom stereocenters. The van der Waals surface area contributed by atoms with Gasteiger partial charge in [-0.25, -0.2) is 0 Å². The SMILES string of the molecule is CC(Br)c1ccc(C(CCC(F)(F)F)C(=O)OC(C)(C)C)cc1. The van der Waals surface area contributed by atoms with Crippen molar-refractivity contribution in [3.8, 4) is 0 Å². The van der Waals surface area contributed by atoms with Crippen molar-refractivity contribution in [3.05, 3.63) is 35.4 Å². The van der Waals surface area contributed by atoms with Gasteiger partial charge in [-0.05, 0) is 45.2 Å². The molecule has 0 aliphatic rings. The summed E-state index contributed by atoms with van der Waals surface area (Å²) in [4.78, 5) is 12.4. The number of ether oxygens (including phenoxy) is 1. The summed E-state index contributed by atoms with van der Waals surface area (Å²) < 4.78 is 42.9. The molecule has 0 aliphatic carbocycles. The van der Waals surface area contributed by atoms with Crippen molar-refractivity contribution in [1.82, 2.24) is 0 Å². The Morgan fingerprint density at radius 1 is 1.13 bits per heavy atom. The number of hydrogen-bond donors (Lipinski definition) is 0. The Kier molecular flexibility index (Phi) is 6.69. The predicted octanol–water partition coefficient (Wildman–Crippen LogP) is 5.91. The molecule has 1 aromatic rings. The van der Waals surface area contributed by atoms with E-state index in [-0.39, 0.29) is 11.2 Å². The zero-order valence-corrected chi connectivity index (χ0v) is 15.3. The van der Waals surface area contributed by atoms with Gasteiger partial charge < -0.3 is 4.74 Å². The van der Waals surface area contributed by atoms with E-state index in [4.69, 9.17) is 4.74 Å². The van der Waals surface area contributed by atoms with Gasteiger partial charge in [0.2, 0.25) is 0 Å². The Morgan fingerprint density at radius 3 is 2.00 bits per heavy atom. The first-order chi connectivity index (χ1) is 10.4. The van der Waals surface area contributed by atoms with Gasteiger partial charge in [-0.15, -0.1) is 0 Å². The Labute approximate surface area is 143 Å².